The molecule has 6 heteroatoms. The first-order chi connectivity index (χ1) is 7.16. The van der Waals surface area contributed by atoms with E-state index in [0.29, 0.717) is 15.7 Å². The molecule has 15 heavy (non-hydrogen) atoms. The lowest BCUT2D eigenvalue weighted by molar-refractivity contribution is 0.738. The first-order valence-electron chi connectivity index (χ1n) is 4.24. The summed E-state index contributed by atoms with van der Waals surface area (Å²) in [7, 11) is 1.82. The molecule has 0 aliphatic carbocycles. The number of hydrogen-bond acceptors (Lipinski definition) is 4. The zero-order valence-electron chi connectivity index (χ0n) is 8.01. The van der Waals surface area contributed by atoms with Gasteiger partial charge in [-0.05, 0) is 23.9 Å². The maximum absolute atomic E-state index is 5.97. The minimum atomic E-state index is 0.604. The molecule has 0 radical (unpaired) electrons. The number of rotatable bonds is 2. The molecule has 0 aliphatic heterocycles. The van der Waals surface area contributed by atoms with E-state index in [1.807, 2.05) is 7.05 Å². The van der Waals surface area contributed by atoms with Crippen molar-refractivity contribution in [2.45, 2.75) is 10.1 Å². The quantitative estimate of drug-likeness (QED) is 0.875. The van der Waals surface area contributed by atoms with Crippen molar-refractivity contribution in [1.29, 1.82) is 0 Å². The Balaban J connectivity index is 2.29. The highest BCUT2D eigenvalue weighted by molar-refractivity contribution is 7.99. The van der Waals surface area contributed by atoms with E-state index in [-0.39, 0.29) is 0 Å². The fourth-order valence-corrected chi connectivity index (χ4v) is 2.14. The van der Waals surface area contributed by atoms with Crippen molar-refractivity contribution in [3.05, 3.63) is 29.5 Å². The molecule has 2 rings (SSSR count). The Morgan fingerprint density at radius 2 is 2.27 bits per heavy atom. The number of anilines is 1. The van der Waals surface area contributed by atoms with Gasteiger partial charge in [0, 0.05) is 19.4 Å². The minimum absolute atomic E-state index is 0.604. The van der Waals surface area contributed by atoms with Gasteiger partial charge < -0.3 is 5.73 Å². The van der Waals surface area contributed by atoms with Crippen molar-refractivity contribution >= 4 is 29.1 Å². The van der Waals surface area contributed by atoms with E-state index in [1.54, 1.807) is 29.2 Å². The average molecular weight is 241 g/mol. The zero-order valence-corrected chi connectivity index (χ0v) is 9.59. The largest absolute Gasteiger partial charge is 0.395 e. The molecule has 2 heterocycles. The Morgan fingerprint density at radius 1 is 1.47 bits per heavy atom. The van der Waals surface area contributed by atoms with Gasteiger partial charge in [-0.1, -0.05) is 11.6 Å². The molecule has 78 valence electrons. The van der Waals surface area contributed by atoms with Crippen LogP contribution in [-0.4, -0.2) is 14.8 Å². The highest BCUT2D eigenvalue weighted by Gasteiger charge is 2.09. The van der Waals surface area contributed by atoms with Crippen LogP contribution >= 0.6 is 23.4 Å². The number of hydrogen-bond donors (Lipinski definition) is 1. The standard InChI is InChI=1S/C9H9ClN4S/c1-14-5-7(11)9(13-14)15-8-6(10)3-2-4-12-8/h2-5H,11H2,1H3. The van der Waals surface area contributed by atoms with E-state index in [2.05, 4.69) is 10.1 Å². The van der Waals surface area contributed by atoms with Gasteiger partial charge in [0.1, 0.15) is 10.1 Å². The van der Waals surface area contributed by atoms with Gasteiger partial charge in [-0.3, -0.25) is 4.68 Å². The third-order valence-electron chi connectivity index (χ3n) is 1.74. The lowest BCUT2D eigenvalue weighted by atomic mass is 10.5. The fourth-order valence-electron chi connectivity index (χ4n) is 1.10. The molecular formula is C9H9ClN4S. The predicted molar refractivity (Wildman–Crippen MR) is 61.0 cm³/mol. The lowest BCUT2D eigenvalue weighted by Gasteiger charge is -1.99. The monoisotopic (exact) mass is 240 g/mol. The number of nitrogen functional groups attached to an aromatic ring is 1. The molecule has 0 bridgehead atoms. The van der Waals surface area contributed by atoms with Gasteiger partial charge in [0.05, 0.1) is 10.7 Å². The number of nitrogens with zero attached hydrogens (tertiary/aromatic N) is 3. The topological polar surface area (TPSA) is 56.7 Å². The highest BCUT2D eigenvalue weighted by Crippen LogP contribution is 2.32. The number of aryl methyl sites for hydroxylation is 1. The molecule has 0 saturated carbocycles. The Labute approximate surface area is 96.4 Å². The van der Waals surface area contributed by atoms with Crippen LogP contribution < -0.4 is 5.73 Å². The van der Waals surface area contributed by atoms with Gasteiger partial charge >= 0.3 is 0 Å². The van der Waals surface area contributed by atoms with Gasteiger partial charge in [-0.15, -0.1) is 0 Å². The SMILES string of the molecule is Cn1cc(N)c(Sc2ncccc2Cl)n1. The van der Waals surface area contributed by atoms with Crippen LogP contribution in [0, 0.1) is 0 Å². The molecule has 0 amide bonds. The molecule has 0 unspecified atom stereocenters. The summed E-state index contributed by atoms with van der Waals surface area (Å²) in [6.07, 6.45) is 3.44. The molecule has 0 aromatic carbocycles. The second-order valence-electron chi connectivity index (χ2n) is 2.96. The normalized spacial score (nSPS) is 10.5. The fraction of sp³-hybridized carbons (Fsp3) is 0.111. The van der Waals surface area contributed by atoms with Crippen molar-refractivity contribution in [2.24, 2.45) is 7.05 Å². The summed E-state index contributed by atoms with van der Waals surface area (Å²) < 4.78 is 1.66. The Hall–Kier alpha value is -1.20. The van der Waals surface area contributed by atoms with Crippen molar-refractivity contribution < 1.29 is 0 Å². The van der Waals surface area contributed by atoms with Gasteiger partial charge in [0.25, 0.3) is 0 Å². The van der Waals surface area contributed by atoms with Crippen LogP contribution in [0.4, 0.5) is 5.69 Å². The molecule has 0 spiro atoms. The van der Waals surface area contributed by atoms with E-state index < -0.39 is 0 Å². The van der Waals surface area contributed by atoms with Gasteiger partial charge in [-0.25, -0.2) is 4.98 Å². The van der Waals surface area contributed by atoms with Crippen LogP contribution in [0.1, 0.15) is 0 Å². The van der Waals surface area contributed by atoms with Crippen molar-refractivity contribution in [3.63, 3.8) is 0 Å². The maximum atomic E-state index is 5.97. The van der Waals surface area contributed by atoms with E-state index in [4.69, 9.17) is 17.3 Å². The molecule has 0 aliphatic rings. The molecular weight excluding hydrogens is 232 g/mol. The maximum Gasteiger partial charge on any atom is 0.147 e. The second kappa shape index (κ2) is 4.12. The van der Waals surface area contributed by atoms with E-state index in [9.17, 15) is 0 Å². The van der Waals surface area contributed by atoms with E-state index >= 15 is 0 Å². The smallest absolute Gasteiger partial charge is 0.147 e. The van der Waals surface area contributed by atoms with E-state index in [0.717, 1.165) is 5.03 Å². The predicted octanol–water partition coefficient (Wildman–Crippen LogP) is 2.20. The van der Waals surface area contributed by atoms with Crippen LogP contribution in [0.15, 0.2) is 34.6 Å². The van der Waals surface area contributed by atoms with Crippen molar-refractivity contribution in [3.8, 4) is 0 Å². The molecule has 2 aromatic heterocycles. The third kappa shape index (κ3) is 2.24. The summed E-state index contributed by atoms with van der Waals surface area (Å²) in [5, 5.41) is 6.24. The van der Waals surface area contributed by atoms with Crippen LogP contribution in [0.25, 0.3) is 0 Å². The highest BCUT2D eigenvalue weighted by atomic mass is 35.5. The number of halogens is 1. The summed E-state index contributed by atoms with van der Waals surface area (Å²) in [5.74, 6) is 0. The van der Waals surface area contributed by atoms with Gasteiger partial charge in [-0.2, -0.15) is 5.10 Å². The van der Waals surface area contributed by atoms with Crippen LogP contribution in [-0.2, 0) is 7.05 Å². The Bertz CT molecular complexity index is 483. The van der Waals surface area contributed by atoms with Crippen LogP contribution in [0.2, 0.25) is 5.02 Å². The molecule has 2 N–H and O–H groups in total. The third-order valence-corrected chi connectivity index (χ3v) is 3.19. The molecule has 2 aromatic rings. The summed E-state index contributed by atoms with van der Waals surface area (Å²) in [6.45, 7) is 0. The second-order valence-corrected chi connectivity index (χ2v) is 4.34. The summed E-state index contributed by atoms with van der Waals surface area (Å²) >= 11 is 7.34. The van der Waals surface area contributed by atoms with Crippen molar-refractivity contribution in [2.75, 3.05) is 5.73 Å². The summed E-state index contributed by atoms with van der Waals surface area (Å²) in [5.41, 5.74) is 6.39. The molecule has 0 fully saturated rings. The number of nitrogens with two attached hydrogens (primary N) is 1. The van der Waals surface area contributed by atoms with E-state index in [1.165, 1.54) is 11.8 Å². The van der Waals surface area contributed by atoms with Crippen LogP contribution in [0.5, 0.6) is 0 Å². The van der Waals surface area contributed by atoms with Gasteiger partial charge in [0.15, 0.2) is 0 Å². The molecule has 4 nitrogen and oxygen atoms in total. The lowest BCUT2D eigenvalue weighted by Crippen LogP contribution is -1.87. The average Bonchev–Trinajstić information content (AvgIpc) is 2.49. The number of aromatic nitrogens is 3. The molecule has 0 atom stereocenters. The van der Waals surface area contributed by atoms with Gasteiger partial charge in [0.2, 0.25) is 0 Å². The summed E-state index contributed by atoms with van der Waals surface area (Å²) in [4.78, 5) is 4.15. The minimum Gasteiger partial charge on any atom is -0.395 e. The first kappa shape index (κ1) is 10.3. The Kier molecular flexibility index (Phi) is 2.83. The van der Waals surface area contributed by atoms with Crippen molar-refractivity contribution in [1.82, 2.24) is 14.8 Å². The first-order valence-corrected chi connectivity index (χ1v) is 5.44. The zero-order chi connectivity index (χ0) is 10.8. The summed E-state index contributed by atoms with van der Waals surface area (Å²) in [6, 6.07) is 3.57. The number of pyridine rings is 1. The molecule has 0 saturated heterocycles. The van der Waals surface area contributed by atoms with Crippen LogP contribution in [0.3, 0.4) is 0 Å². The Morgan fingerprint density at radius 3 is 2.87 bits per heavy atom.